The SMILES string of the molecule is COc1ccc(/C=N\NC(=O)CN(c2cc(Cl)ccc2OC)S(=O)(=O)c2ccccc2)cc1OC. The molecular weight excluding hydrogens is 494 g/mol. The number of hydrogen-bond donors (Lipinski definition) is 1. The topological polar surface area (TPSA) is 107 Å². The molecule has 3 aromatic rings. The molecular formula is C24H24ClN3O6S. The van der Waals surface area contributed by atoms with Crippen LogP contribution in [0.4, 0.5) is 5.69 Å². The molecule has 1 N–H and O–H groups in total. The molecule has 0 radical (unpaired) electrons. The standard InChI is InChI=1S/C24H24ClN3O6S/c1-32-21-12-10-18(25)14-20(21)28(35(30,31)19-7-5-4-6-8-19)16-24(29)27-26-15-17-9-11-22(33-2)23(13-17)34-3/h4-15H,16H2,1-3H3,(H,27,29)/b26-15-. The summed E-state index contributed by atoms with van der Waals surface area (Å²) in [6.45, 7) is -0.572. The van der Waals surface area contributed by atoms with Crippen LogP contribution in [-0.4, -0.2) is 48.4 Å². The summed E-state index contributed by atoms with van der Waals surface area (Å²) in [5.41, 5.74) is 3.10. The molecule has 9 nitrogen and oxygen atoms in total. The highest BCUT2D eigenvalue weighted by Crippen LogP contribution is 2.34. The van der Waals surface area contributed by atoms with Crippen LogP contribution in [0.2, 0.25) is 5.02 Å². The Kier molecular flexibility index (Phi) is 8.56. The molecule has 0 aliphatic heterocycles. The zero-order valence-electron chi connectivity index (χ0n) is 19.3. The molecule has 0 fully saturated rings. The first kappa shape index (κ1) is 25.9. The summed E-state index contributed by atoms with van der Waals surface area (Å²) in [4.78, 5) is 12.8. The summed E-state index contributed by atoms with van der Waals surface area (Å²) in [7, 11) is 0.286. The second-order valence-electron chi connectivity index (χ2n) is 7.05. The fourth-order valence-corrected chi connectivity index (χ4v) is 4.77. The van der Waals surface area contributed by atoms with Crippen LogP contribution < -0.4 is 23.9 Å². The van der Waals surface area contributed by atoms with E-state index in [-0.39, 0.29) is 21.4 Å². The molecule has 0 heterocycles. The van der Waals surface area contributed by atoms with Crippen molar-refractivity contribution in [2.24, 2.45) is 5.10 Å². The number of sulfonamides is 1. The Hall–Kier alpha value is -3.76. The largest absolute Gasteiger partial charge is 0.495 e. The predicted molar refractivity (Wildman–Crippen MR) is 134 cm³/mol. The summed E-state index contributed by atoms with van der Waals surface area (Å²) >= 11 is 6.13. The lowest BCUT2D eigenvalue weighted by molar-refractivity contribution is -0.119. The second-order valence-corrected chi connectivity index (χ2v) is 9.35. The average molecular weight is 518 g/mol. The van der Waals surface area contributed by atoms with Gasteiger partial charge in [-0.05, 0) is 54.1 Å². The van der Waals surface area contributed by atoms with Crippen molar-refractivity contribution in [3.05, 3.63) is 77.3 Å². The van der Waals surface area contributed by atoms with Gasteiger partial charge in [-0.15, -0.1) is 0 Å². The van der Waals surface area contributed by atoms with Gasteiger partial charge < -0.3 is 14.2 Å². The van der Waals surface area contributed by atoms with Gasteiger partial charge in [0.1, 0.15) is 12.3 Å². The third kappa shape index (κ3) is 6.23. The van der Waals surface area contributed by atoms with Crippen LogP contribution in [0.3, 0.4) is 0 Å². The molecule has 3 rings (SSSR count). The van der Waals surface area contributed by atoms with Crippen LogP contribution in [0.15, 0.2) is 76.7 Å². The van der Waals surface area contributed by atoms with Crippen LogP contribution in [0.1, 0.15) is 5.56 Å². The number of methoxy groups -OCH3 is 3. The quantitative estimate of drug-likeness (QED) is 0.324. The highest BCUT2D eigenvalue weighted by atomic mass is 35.5. The minimum atomic E-state index is -4.14. The number of carbonyl (C=O) groups is 1. The highest BCUT2D eigenvalue weighted by molar-refractivity contribution is 7.92. The summed E-state index contributed by atoms with van der Waals surface area (Å²) in [5.74, 6) is 0.598. The molecule has 0 aliphatic rings. The number of hydrogen-bond acceptors (Lipinski definition) is 7. The first-order valence-electron chi connectivity index (χ1n) is 10.3. The van der Waals surface area contributed by atoms with Crippen LogP contribution >= 0.6 is 11.6 Å². The van der Waals surface area contributed by atoms with Crippen LogP contribution in [0.25, 0.3) is 0 Å². The maximum atomic E-state index is 13.5. The Labute approximate surface area is 208 Å². The Morgan fingerprint density at radius 1 is 0.943 bits per heavy atom. The van der Waals surface area contributed by atoms with E-state index in [4.69, 9.17) is 25.8 Å². The zero-order chi connectivity index (χ0) is 25.4. The van der Waals surface area contributed by atoms with Gasteiger partial charge >= 0.3 is 0 Å². The van der Waals surface area contributed by atoms with Gasteiger partial charge in [0.2, 0.25) is 0 Å². The molecule has 0 saturated carbocycles. The van der Waals surface area contributed by atoms with E-state index < -0.39 is 22.5 Å². The minimum Gasteiger partial charge on any atom is -0.495 e. The fourth-order valence-electron chi connectivity index (χ4n) is 3.16. The number of amides is 1. The third-order valence-corrected chi connectivity index (χ3v) is 6.85. The Bertz CT molecular complexity index is 1320. The number of carbonyl (C=O) groups excluding carboxylic acids is 1. The summed E-state index contributed by atoms with van der Waals surface area (Å²) in [6, 6.07) is 17.3. The maximum absolute atomic E-state index is 13.5. The maximum Gasteiger partial charge on any atom is 0.264 e. The van der Waals surface area contributed by atoms with E-state index in [1.165, 1.54) is 51.8 Å². The van der Waals surface area contributed by atoms with E-state index in [9.17, 15) is 13.2 Å². The molecule has 0 aromatic heterocycles. The first-order valence-corrected chi connectivity index (χ1v) is 12.1. The van der Waals surface area contributed by atoms with Crippen molar-refractivity contribution in [3.63, 3.8) is 0 Å². The fraction of sp³-hybridized carbons (Fsp3) is 0.167. The number of halogens is 1. The van der Waals surface area contributed by atoms with Gasteiger partial charge in [0.15, 0.2) is 11.5 Å². The lowest BCUT2D eigenvalue weighted by Gasteiger charge is -2.25. The van der Waals surface area contributed by atoms with E-state index in [1.54, 1.807) is 42.5 Å². The second kappa shape index (κ2) is 11.6. The zero-order valence-corrected chi connectivity index (χ0v) is 20.8. The Morgan fingerprint density at radius 3 is 2.26 bits per heavy atom. The van der Waals surface area contributed by atoms with E-state index >= 15 is 0 Å². The molecule has 3 aromatic carbocycles. The monoisotopic (exact) mass is 517 g/mol. The number of anilines is 1. The molecule has 0 bridgehead atoms. The smallest absolute Gasteiger partial charge is 0.264 e. The van der Waals surface area contributed by atoms with Crippen LogP contribution in [0, 0.1) is 0 Å². The van der Waals surface area contributed by atoms with Crippen molar-refractivity contribution < 1.29 is 27.4 Å². The number of hydrazone groups is 1. The van der Waals surface area contributed by atoms with Crippen molar-refractivity contribution in [3.8, 4) is 17.2 Å². The number of nitrogens with one attached hydrogen (secondary N) is 1. The average Bonchev–Trinajstić information content (AvgIpc) is 2.87. The summed E-state index contributed by atoms with van der Waals surface area (Å²) in [5, 5.41) is 4.21. The number of rotatable bonds is 10. The molecule has 0 spiro atoms. The highest BCUT2D eigenvalue weighted by Gasteiger charge is 2.29. The molecule has 11 heteroatoms. The lowest BCUT2D eigenvalue weighted by Crippen LogP contribution is -2.39. The molecule has 0 saturated heterocycles. The molecule has 35 heavy (non-hydrogen) atoms. The van der Waals surface area contributed by atoms with Crippen molar-refractivity contribution >= 4 is 39.4 Å². The van der Waals surface area contributed by atoms with Gasteiger partial charge in [0.05, 0.1) is 38.1 Å². The lowest BCUT2D eigenvalue weighted by atomic mass is 10.2. The normalized spacial score (nSPS) is 11.2. The van der Waals surface area contributed by atoms with Gasteiger partial charge in [0, 0.05) is 5.02 Å². The Balaban J connectivity index is 1.88. The molecule has 0 unspecified atom stereocenters. The molecule has 0 aliphatic carbocycles. The summed E-state index contributed by atoms with van der Waals surface area (Å²) in [6.07, 6.45) is 1.40. The third-order valence-electron chi connectivity index (χ3n) is 4.84. The van der Waals surface area contributed by atoms with Gasteiger partial charge in [-0.3, -0.25) is 9.10 Å². The first-order chi connectivity index (χ1) is 16.8. The van der Waals surface area contributed by atoms with Gasteiger partial charge in [0.25, 0.3) is 15.9 Å². The van der Waals surface area contributed by atoms with Gasteiger partial charge in [-0.25, -0.2) is 13.8 Å². The molecule has 0 atom stereocenters. The van der Waals surface area contributed by atoms with Crippen molar-refractivity contribution in [1.82, 2.24) is 5.43 Å². The van der Waals surface area contributed by atoms with E-state index in [0.717, 1.165) is 4.31 Å². The van der Waals surface area contributed by atoms with Crippen molar-refractivity contribution in [1.29, 1.82) is 0 Å². The van der Waals surface area contributed by atoms with Gasteiger partial charge in [-0.2, -0.15) is 5.10 Å². The number of nitrogens with zero attached hydrogens (tertiary/aromatic N) is 2. The van der Waals surface area contributed by atoms with Crippen molar-refractivity contribution in [2.45, 2.75) is 4.90 Å². The van der Waals surface area contributed by atoms with E-state index in [1.807, 2.05) is 0 Å². The van der Waals surface area contributed by atoms with Crippen LogP contribution in [0.5, 0.6) is 17.2 Å². The predicted octanol–water partition coefficient (Wildman–Crippen LogP) is 3.71. The van der Waals surface area contributed by atoms with E-state index in [0.29, 0.717) is 17.1 Å². The number of benzene rings is 3. The minimum absolute atomic E-state index is 0.00339. The Morgan fingerprint density at radius 2 is 1.60 bits per heavy atom. The molecule has 1 amide bonds. The van der Waals surface area contributed by atoms with E-state index in [2.05, 4.69) is 10.5 Å². The van der Waals surface area contributed by atoms with Gasteiger partial charge in [-0.1, -0.05) is 29.8 Å². The number of ether oxygens (including phenoxy) is 3. The summed E-state index contributed by atoms with van der Waals surface area (Å²) < 4.78 is 43.6. The van der Waals surface area contributed by atoms with Crippen LogP contribution in [-0.2, 0) is 14.8 Å². The van der Waals surface area contributed by atoms with Crippen molar-refractivity contribution in [2.75, 3.05) is 32.2 Å². The molecule has 184 valence electrons.